The van der Waals surface area contributed by atoms with Crippen LogP contribution in [0.15, 0.2) is 59.4 Å². The molecule has 0 spiro atoms. The van der Waals surface area contributed by atoms with Crippen molar-refractivity contribution in [1.29, 1.82) is 0 Å². The van der Waals surface area contributed by atoms with Gasteiger partial charge in [0.2, 0.25) is 5.91 Å². The molecule has 1 aromatic heterocycles. The Morgan fingerprint density at radius 3 is 2.31 bits per heavy atom. The largest absolute Gasteiger partial charge is 0.447 e. The van der Waals surface area contributed by atoms with E-state index in [1.54, 1.807) is 0 Å². The molecule has 208 valence electrons. The van der Waals surface area contributed by atoms with Crippen LogP contribution >= 0.6 is 11.6 Å². The Kier molecular flexibility index (Phi) is 8.74. The van der Waals surface area contributed by atoms with Gasteiger partial charge in [0, 0.05) is 22.9 Å². The fraction of sp³-hybridized carbons (Fsp3) is 0.217. The zero-order valence-electron chi connectivity index (χ0n) is 19.5. The minimum atomic E-state index is -4.83. The quantitative estimate of drug-likeness (QED) is 0.385. The lowest BCUT2D eigenvalue weighted by atomic mass is 10.00. The Balaban J connectivity index is 1.96. The first-order valence-corrected chi connectivity index (χ1v) is 11.1. The first-order valence-electron chi connectivity index (χ1n) is 10.7. The third-order valence-electron chi connectivity index (χ3n) is 5.05. The molecule has 1 heterocycles. The van der Waals surface area contributed by atoms with Gasteiger partial charge in [-0.15, -0.1) is 5.10 Å². The predicted molar refractivity (Wildman–Crippen MR) is 126 cm³/mol. The molecular formula is C23H18ClF6N5O4. The summed E-state index contributed by atoms with van der Waals surface area (Å²) < 4.78 is 84.6. The first kappa shape index (κ1) is 29.3. The van der Waals surface area contributed by atoms with Gasteiger partial charge in [0.05, 0.1) is 11.6 Å². The van der Waals surface area contributed by atoms with Crippen molar-refractivity contribution in [2.45, 2.75) is 24.9 Å². The van der Waals surface area contributed by atoms with E-state index in [1.807, 2.05) is 0 Å². The first-order chi connectivity index (χ1) is 18.2. The van der Waals surface area contributed by atoms with Gasteiger partial charge in [0.25, 0.3) is 0 Å². The summed E-state index contributed by atoms with van der Waals surface area (Å²) in [4.78, 5) is 36.7. The third kappa shape index (κ3) is 7.86. The van der Waals surface area contributed by atoms with Crippen LogP contribution < -0.4 is 16.7 Å². The molecule has 0 aliphatic rings. The zero-order valence-corrected chi connectivity index (χ0v) is 20.2. The molecule has 1 atom stereocenters. The minimum Gasteiger partial charge on any atom is -0.447 e. The van der Waals surface area contributed by atoms with E-state index in [4.69, 9.17) is 17.3 Å². The van der Waals surface area contributed by atoms with Crippen molar-refractivity contribution in [2.75, 3.05) is 6.61 Å². The maximum Gasteiger partial charge on any atom is 0.416 e. The van der Waals surface area contributed by atoms with E-state index in [1.165, 1.54) is 30.3 Å². The van der Waals surface area contributed by atoms with E-state index < -0.39 is 60.4 Å². The summed E-state index contributed by atoms with van der Waals surface area (Å²) >= 11 is 5.83. The maximum absolute atomic E-state index is 13.5. The number of benzene rings is 2. The number of carbonyl (C=O) groups excluding carboxylic acids is 2. The summed E-state index contributed by atoms with van der Waals surface area (Å²) in [5.41, 5.74) is 2.33. The van der Waals surface area contributed by atoms with Crippen molar-refractivity contribution in [1.82, 2.24) is 19.7 Å². The summed E-state index contributed by atoms with van der Waals surface area (Å²) in [6.07, 6.45) is -10.7. The van der Waals surface area contributed by atoms with Crippen LogP contribution in [0, 0.1) is 0 Å². The number of amides is 2. The SMILES string of the molecule is NC(=O)OCC(NC(=O)Cn1nc(-c2ccc(Cl)cc2)n(/C=C/C(F)(F)F)c1=O)c1ccccc1C(F)(F)F. The van der Waals surface area contributed by atoms with E-state index in [0.717, 1.165) is 18.2 Å². The highest BCUT2D eigenvalue weighted by Crippen LogP contribution is 2.34. The van der Waals surface area contributed by atoms with Crippen molar-refractivity contribution in [3.63, 3.8) is 0 Å². The van der Waals surface area contributed by atoms with Gasteiger partial charge in [-0.2, -0.15) is 26.3 Å². The molecule has 0 fully saturated rings. The van der Waals surface area contributed by atoms with Crippen molar-refractivity contribution >= 4 is 29.8 Å². The smallest absolute Gasteiger partial charge is 0.416 e. The van der Waals surface area contributed by atoms with Crippen LogP contribution in [0.4, 0.5) is 31.1 Å². The molecule has 3 N–H and O–H groups in total. The van der Waals surface area contributed by atoms with Crippen molar-refractivity contribution in [3.05, 3.63) is 81.2 Å². The molecule has 16 heteroatoms. The van der Waals surface area contributed by atoms with Gasteiger partial charge < -0.3 is 15.8 Å². The second-order valence-electron chi connectivity index (χ2n) is 7.83. The molecule has 0 aliphatic carbocycles. The number of alkyl halides is 6. The normalized spacial score (nSPS) is 12.9. The van der Waals surface area contributed by atoms with Crippen molar-refractivity contribution in [2.24, 2.45) is 5.73 Å². The highest BCUT2D eigenvalue weighted by Gasteiger charge is 2.35. The predicted octanol–water partition coefficient (Wildman–Crippen LogP) is 4.37. The van der Waals surface area contributed by atoms with Gasteiger partial charge in [-0.1, -0.05) is 29.8 Å². The molecule has 39 heavy (non-hydrogen) atoms. The molecule has 0 saturated heterocycles. The zero-order chi connectivity index (χ0) is 29.0. The highest BCUT2D eigenvalue weighted by molar-refractivity contribution is 6.30. The molecule has 0 saturated carbocycles. The Morgan fingerprint density at radius 1 is 1.08 bits per heavy atom. The van der Waals surface area contributed by atoms with Gasteiger partial charge in [-0.25, -0.2) is 18.8 Å². The van der Waals surface area contributed by atoms with Gasteiger partial charge in [0.15, 0.2) is 5.82 Å². The summed E-state index contributed by atoms with van der Waals surface area (Å²) in [6, 6.07) is 8.13. The number of ether oxygens (including phenoxy) is 1. The number of hydrogen-bond acceptors (Lipinski definition) is 5. The number of nitrogens with one attached hydrogen (secondary N) is 1. The molecule has 0 bridgehead atoms. The number of nitrogens with two attached hydrogens (primary N) is 1. The number of allylic oxidation sites excluding steroid dienone is 1. The summed E-state index contributed by atoms with van der Waals surface area (Å²) in [5.74, 6) is -1.35. The lowest BCUT2D eigenvalue weighted by Crippen LogP contribution is -2.38. The number of aromatic nitrogens is 3. The molecule has 3 aromatic rings. The molecule has 9 nitrogen and oxygen atoms in total. The second-order valence-corrected chi connectivity index (χ2v) is 8.27. The minimum absolute atomic E-state index is 0.175. The van der Waals surface area contributed by atoms with Crippen LogP contribution in [-0.2, 0) is 22.3 Å². The monoisotopic (exact) mass is 577 g/mol. The molecule has 1 unspecified atom stereocenters. The lowest BCUT2D eigenvalue weighted by molar-refractivity contribution is -0.139. The molecular weight excluding hydrogens is 560 g/mol. The Labute approximate surface area is 220 Å². The Morgan fingerprint density at radius 2 is 1.72 bits per heavy atom. The molecule has 0 aliphatic heterocycles. The number of halogens is 7. The Bertz CT molecular complexity index is 1430. The Hall–Kier alpha value is -4.27. The van der Waals surface area contributed by atoms with Crippen molar-refractivity contribution < 1.29 is 40.7 Å². The number of hydrogen-bond donors (Lipinski definition) is 2. The topological polar surface area (TPSA) is 121 Å². The van der Waals surface area contributed by atoms with Gasteiger partial charge in [-0.05, 0) is 35.9 Å². The van der Waals surface area contributed by atoms with Crippen LogP contribution in [0.2, 0.25) is 5.02 Å². The van der Waals surface area contributed by atoms with E-state index in [9.17, 15) is 40.7 Å². The van der Waals surface area contributed by atoms with Gasteiger partial charge in [0.1, 0.15) is 13.2 Å². The fourth-order valence-corrected chi connectivity index (χ4v) is 3.55. The number of rotatable bonds is 8. The van der Waals surface area contributed by atoms with Crippen LogP contribution in [-0.4, -0.2) is 39.1 Å². The van der Waals surface area contributed by atoms with Crippen LogP contribution in [0.5, 0.6) is 0 Å². The number of primary amides is 1. The molecule has 0 radical (unpaired) electrons. The summed E-state index contributed by atoms with van der Waals surface area (Å²) in [5, 5.41) is 6.43. The molecule has 2 aromatic carbocycles. The second kappa shape index (κ2) is 11.6. The van der Waals surface area contributed by atoms with Crippen LogP contribution in [0.1, 0.15) is 17.2 Å². The summed E-state index contributed by atoms with van der Waals surface area (Å²) in [7, 11) is 0. The van der Waals surface area contributed by atoms with Crippen LogP contribution in [0.3, 0.4) is 0 Å². The van der Waals surface area contributed by atoms with E-state index >= 15 is 0 Å². The third-order valence-corrected chi connectivity index (χ3v) is 5.30. The standard InChI is InChI=1S/C23H18ClF6N5O4/c24-14-7-5-13(6-8-14)19-33-35(21(38)34(19)10-9-22(25,26)27)11-18(36)32-17(12-39-20(31)37)15-3-1-2-4-16(15)23(28,29)30/h1-10,17H,11-12H2,(H2,31,37)(H,32,36)/b10-9+. The van der Waals surface area contributed by atoms with E-state index in [0.29, 0.717) is 20.5 Å². The lowest BCUT2D eigenvalue weighted by Gasteiger charge is -2.22. The van der Waals surface area contributed by atoms with E-state index in [-0.39, 0.29) is 17.5 Å². The molecule has 2 amide bonds. The summed E-state index contributed by atoms with van der Waals surface area (Å²) in [6.45, 7) is -1.70. The number of carbonyl (C=O) groups is 2. The highest BCUT2D eigenvalue weighted by atomic mass is 35.5. The van der Waals surface area contributed by atoms with Crippen LogP contribution in [0.25, 0.3) is 17.6 Å². The average Bonchev–Trinajstić information content (AvgIpc) is 3.14. The van der Waals surface area contributed by atoms with E-state index in [2.05, 4.69) is 15.2 Å². The maximum atomic E-state index is 13.5. The van der Waals surface area contributed by atoms with Crippen molar-refractivity contribution in [3.8, 4) is 11.4 Å². The number of nitrogens with zero attached hydrogens (tertiary/aromatic N) is 3. The van der Waals surface area contributed by atoms with Gasteiger partial charge >= 0.3 is 24.1 Å². The average molecular weight is 578 g/mol. The fourth-order valence-electron chi connectivity index (χ4n) is 3.42. The molecule has 3 rings (SSSR count). The van der Waals surface area contributed by atoms with Gasteiger partial charge in [-0.3, -0.25) is 4.79 Å².